The molecule has 0 heterocycles. The molecule has 0 fully saturated rings. The molecule has 0 aliphatic carbocycles. The predicted octanol–water partition coefficient (Wildman–Crippen LogP) is 2.32. The van der Waals surface area contributed by atoms with Gasteiger partial charge in [-0.2, -0.15) is 8.78 Å². The van der Waals surface area contributed by atoms with Gasteiger partial charge in [-0.3, -0.25) is 4.79 Å². The van der Waals surface area contributed by atoms with Gasteiger partial charge in [0.1, 0.15) is 11.5 Å². The van der Waals surface area contributed by atoms with Gasteiger partial charge >= 0.3 is 6.61 Å². The molecule has 1 aromatic carbocycles. The number of hydrogen-bond donors (Lipinski definition) is 2. The van der Waals surface area contributed by atoms with Crippen LogP contribution >= 0.6 is 12.4 Å². The Morgan fingerprint density at radius 2 is 2.00 bits per heavy atom. The minimum absolute atomic E-state index is 0. The summed E-state index contributed by atoms with van der Waals surface area (Å²) < 4.78 is 34.2. The lowest BCUT2D eigenvalue weighted by atomic mass is 10.0. The summed E-state index contributed by atoms with van der Waals surface area (Å²) in [6.45, 7) is 0.536. The molecular weight excluding hydrogens is 318 g/mol. The van der Waals surface area contributed by atoms with Crippen molar-refractivity contribution in [3.05, 3.63) is 23.8 Å². The topological polar surface area (TPSA) is 73.6 Å². The molecule has 1 rings (SSSR count). The normalized spacial score (nSPS) is 13.0. The smallest absolute Gasteiger partial charge is 0.387 e. The van der Waals surface area contributed by atoms with Gasteiger partial charge in [0, 0.05) is 24.1 Å². The van der Waals surface area contributed by atoms with Crippen LogP contribution in [0, 0.1) is 5.92 Å². The molecule has 0 saturated heterocycles. The molecular formula is C14H21ClF2N2O3. The number of rotatable bonds is 7. The monoisotopic (exact) mass is 338 g/mol. The maximum absolute atomic E-state index is 12.4. The average Bonchev–Trinajstić information content (AvgIpc) is 2.44. The highest BCUT2D eigenvalue weighted by Crippen LogP contribution is 2.25. The van der Waals surface area contributed by atoms with E-state index in [1.807, 2.05) is 0 Å². The highest BCUT2D eigenvalue weighted by Gasteiger charge is 2.18. The fourth-order valence-electron chi connectivity index (χ4n) is 1.61. The van der Waals surface area contributed by atoms with Crippen LogP contribution in [0.5, 0.6) is 11.5 Å². The van der Waals surface area contributed by atoms with Crippen LogP contribution in [-0.4, -0.2) is 25.7 Å². The third kappa shape index (κ3) is 6.03. The number of halogens is 3. The van der Waals surface area contributed by atoms with Crippen molar-refractivity contribution in [3.8, 4) is 11.5 Å². The summed E-state index contributed by atoms with van der Waals surface area (Å²) in [5.74, 6) is -0.147. The molecule has 126 valence electrons. The van der Waals surface area contributed by atoms with Crippen LogP contribution in [0.4, 0.5) is 8.78 Å². The van der Waals surface area contributed by atoms with Crippen molar-refractivity contribution in [2.75, 3.05) is 7.11 Å². The SMILES string of the molecule is COc1ccc(OC(F)F)c(CNC(=O)C(C)C(C)N)c1.Cl. The lowest BCUT2D eigenvalue weighted by Gasteiger charge is -2.17. The van der Waals surface area contributed by atoms with Gasteiger partial charge in [0.2, 0.25) is 5.91 Å². The molecule has 0 aliphatic rings. The van der Waals surface area contributed by atoms with Crippen LogP contribution in [0.3, 0.4) is 0 Å². The Balaban J connectivity index is 0.00000441. The van der Waals surface area contributed by atoms with E-state index in [1.165, 1.54) is 25.3 Å². The minimum Gasteiger partial charge on any atom is -0.497 e. The first-order valence-corrected chi connectivity index (χ1v) is 6.50. The Labute approximate surface area is 134 Å². The third-order valence-corrected chi connectivity index (χ3v) is 3.14. The molecule has 8 heteroatoms. The van der Waals surface area contributed by atoms with Gasteiger partial charge in [0.25, 0.3) is 0 Å². The number of methoxy groups -OCH3 is 1. The molecule has 2 unspecified atom stereocenters. The van der Waals surface area contributed by atoms with Crippen LogP contribution in [0.25, 0.3) is 0 Å². The van der Waals surface area contributed by atoms with Crippen molar-refractivity contribution in [2.45, 2.75) is 33.0 Å². The summed E-state index contributed by atoms with van der Waals surface area (Å²) in [6.07, 6.45) is 0. The van der Waals surface area contributed by atoms with Crippen LogP contribution in [-0.2, 0) is 11.3 Å². The summed E-state index contributed by atoms with van der Waals surface area (Å²) >= 11 is 0. The van der Waals surface area contributed by atoms with E-state index in [2.05, 4.69) is 10.1 Å². The first kappa shape index (κ1) is 20.4. The predicted molar refractivity (Wildman–Crippen MR) is 81.5 cm³/mol. The van der Waals surface area contributed by atoms with Crippen LogP contribution < -0.4 is 20.5 Å². The quantitative estimate of drug-likeness (QED) is 0.800. The fourth-order valence-corrected chi connectivity index (χ4v) is 1.61. The Morgan fingerprint density at radius 1 is 1.36 bits per heavy atom. The second-order valence-electron chi connectivity index (χ2n) is 4.72. The Bertz CT molecular complexity index is 487. The zero-order valence-corrected chi connectivity index (χ0v) is 13.5. The van der Waals surface area contributed by atoms with Crippen LogP contribution in [0.15, 0.2) is 18.2 Å². The maximum atomic E-state index is 12.4. The van der Waals surface area contributed by atoms with Gasteiger partial charge in [-0.05, 0) is 25.1 Å². The molecule has 3 N–H and O–H groups in total. The largest absolute Gasteiger partial charge is 0.497 e. The summed E-state index contributed by atoms with van der Waals surface area (Å²) in [5, 5.41) is 2.65. The lowest BCUT2D eigenvalue weighted by molar-refractivity contribution is -0.125. The van der Waals surface area contributed by atoms with Crippen LogP contribution in [0.1, 0.15) is 19.4 Å². The summed E-state index contributed by atoms with van der Waals surface area (Å²) in [7, 11) is 1.46. The number of benzene rings is 1. The lowest BCUT2D eigenvalue weighted by Crippen LogP contribution is -2.38. The van der Waals surface area contributed by atoms with E-state index in [9.17, 15) is 13.6 Å². The number of alkyl halides is 2. The zero-order valence-electron chi connectivity index (χ0n) is 12.6. The third-order valence-electron chi connectivity index (χ3n) is 3.14. The molecule has 1 aromatic rings. The number of hydrogen-bond acceptors (Lipinski definition) is 4. The van der Waals surface area contributed by atoms with Gasteiger partial charge in [0.05, 0.1) is 7.11 Å². The van der Waals surface area contributed by atoms with Gasteiger partial charge in [0.15, 0.2) is 0 Å². The van der Waals surface area contributed by atoms with Crippen molar-refractivity contribution in [1.82, 2.24) is 5.32 Å². The van der Waals surface area contributed by atoms with Gasteiger partial charge in [-0.1, -0.05) is 6.92 Å². The summed E-state index contributed by atoms with van der Waals surface area (Å²) in [5.41, 5.74) is 6.05. The maximum Gasteiger partial charge on any atom is 0.387 e. The first-order valence-electron chi connectivity index (χ1n) is 6.50. The van der Waals surface area contributed by atoms with E-state index in [0.717, 1.165) is 0 Å². The van der Waals surface area contributed by atoms with Gasteiger partial charge in [-0.15, -0.1) is 12.4 Å². The molecule has 2 atom stereocenters. The highest BCUT2D eigenvalue weighted by atomic mass is 35.5. The standard InChI is InChI=1S/C14H20F2N2O3.ClH/c1-8(9(2)17)13(19)18-7-10-6-11(20-3)4-5-12(10)21-14(15)16;/h4-6,8-9,14H,7,17H2,1-3H3,(H,18,19);1H. The number of amides is 1. The molecule has 0 saturated carbocycles. The van der Waals surface area contributed by atoms with Crippen molar-refractivity contribution in [3.63, 3.8) is 0 Å². The van der Waals surface area contributed by atoms with E-state index >= 15 is 0 Å². The Morgan fingerprint density at radius 3 is 2.50 bits per heavy atom. The average molecular weight is 339 g/mol. The number of nitrogens with two attached hydrogens (primary N) is 1. The number of carbonyl (C=O) groups excluding carboxylic acids is 1. The zero-order chi connectivity index (χ0) is 16.0. The van der Waals surface area contributed by atoms with Crippen molar-refractivity contribution >= 4 is 18.3 Å². The number of carbonyl (C=O) groups is 1. The van der Waals surface area contributed by atoms with Crippen molar-refractivity contribution in [1.29, 1.82) is 0 Å². The first-order chi connectivity index (χ1) is 9.85. The summed E-state index contributed by atoms with van der Waals surface area (Å²) in [6, 6.07) is 4.12. The summed E-state index contributed by atoms with van der Waals surface area (Å²) in [4.78, 5) is 11.8. The Hall–Kier alpha value is -1.60. The molecule has 0 aromatic heterocycles. The van der Waals surface area contributed by atoms with E-state index in [0.29, 0.717) is 11.3 Å². The van der Waals surface area contributed by atoms with Crippen molar-refractivity contribution in [2.24, 2.45) is 11.7 Å². The molecule has 0 aliphatic heterocycles. The van der Waals surface area contributed by atoms with E-state index in [1.54, 1.807) is 13.8 Å². The number of nitrogens with one attached hydrogen (secondary N) is 1. The van der Waals surface area contributed by atoms with E-state index < -0.39 is 6.61 Å². The number of ether oxygens (including phenoxy) is 2. The van der Waals surface area contributed by atoms with Crippen molar-refractivity contribution < 1.29 is 23.0 Å². The van der Waals surface area contributed by atoms with Gasteiger partial charge < -0.3 is 20.5 Å². The fraction of sp³-hybridized carbons (Fsp3) is 0.500. The highest BCUT2D eigenvalue weighted by molar-refractivity contribution is 5.85. The van der Waals surface area contributed by atoms with Crippen LogP contribution in [0.2, 0.25) is 0 Å². The minimum atomic E-state index is -2.93. The van der Waals surface area contributed by atoms with E-state index in [-0.39, 0.29) is 42.6 Å². The second-order valence-corrected chi connectivity index (χ2v) is 4.72. The van der Waals surface area contributed by atoms with Gasteiger partial charge in [-0.25, -0.2) is 0 Å². The molecule has 22 heavy (non-hydrogen) atoms. The molecule has 0 bridgehead atoms. The molecule has 0 spiro atoms. The second kappa shape index (κ2) is 9.42. The Kier molecular flexibility index (Phi) is 8.74. The molecule has 1 amide bonds. The molecule has 5 nitrogen and oxygen atoms in total. The van der Waals surface area contributed by atoms with E-state index in [4.69, 9.17) is 10.5 Å². The molecule has 0 radical (unpaired) electrons.